The molecule has 5 heteroatoms. The number of nitrogens with zero attached hydrogens (tertiary/aromatic N) is 3. The molecule has 0 saturated heterocycles. The third-order valence-electron chi connectivity index (χ3n) is 4.32. The lowest BCUT2D eigenvalue weighted by Gasteiger charge is -2.30. The van der Waals surface area contributed by atoms with E-state index in [0.717, 1.165) is 17.5 Å². The molecule has 1 amide bonds. The minimum atomic E-state index is -0.0218. The summed E-state index contributed by atoms with van der Waals surface area (Å²) < 4.78 is 3.55. The molecule has 2 aromatic rings. The van der Waals surface area contributed by atoms with Crippen molar-refractivity contribution >= 4 is 16.9 Å². The number of hydrogen-bond acceptors (Lipinski definition) is 2. The van der Waals surface area contributed by atoms with Crippen molar-refractivity contribution in [2.45, 2.75) is 72.6 Å². The highest BCUT2D eigenvalue weighted by molar-refractivity contribution is 5.78. The van der Waals surface area contributed by atoms with Crippen LogP contribution < -0.4 is 5.69 Å². The zero-order chi connectivity index (χ0) is 17.9. The van der Waals surface area contributed by atoms with E-state index in [4.69, 9.17) is 0 Å². The van der Waals surface area contributed by atoms with E-state index in [-0.39, 0.29) is 23.7 Å². The summed E-state index contributed by atoms with van der Waals surface area (Å²) in [6, 6.07) is 8.13. The highest BCUT2D eigenvalue weighted by atomic mass is 16.2. The third-order valence-corrected chi connectivity index (χ3v) is 4.32. The van der Waals surface area contributed by atoms with Crippen molar-refractivity contribution in [2.75, 3.05) is 0 Å². The van der Waals surface area contributed by atoms with Crippen LogP contribution in [0, 0.1) is 0 Å². The van der Waals surface area contributed by atoms with E-state index >= 15 is 0 Å². The van der Waals surface area contributed by atoms with Gasteiger partial charge in [-0.05, 0) is 46.2 Å². The Kier molecular flexibility index (Phi) is 5.86. The molecule has 2 rings (SSSR count). The SMILES string of the molecule is CCCn1c(=O)n(CCC(=O)N(C(C)C)C(C)C)c2ccccc21. The second-order valence-corrected chi connectivity index (χ2v) is 6.81. The molecule has 0 N–H and O–H groups in total. The van der Waals surface area contributed by atoms with Gasteiger partial charge in [0.05, 0.1) is 11.0 Å². The number of para-hydroxylation sites is 2. The summed E-state index contributed by atoms with van der Waals surface area (Å²) >= 11 is 0. The van der Waals surface area contributed by atoms with E-state index in [2.05, 4.69) is 6.92 Å². The molecule has 0 aliphatic rings. The summed E-state index contributed by atoms with van der Waals surface area (Å²) in [5, 5.41) is 0. The first-order chi connectivity index (χ1) is 11.4. The summed E-state index contributed by atoms with van der Waals surface area (Å²) in [6.45, 7) is 11.3. The minimum Gasteiger partial charge on any atom is -0.338 e. The highest BCUT2D eigenvalue weighted by Gasteiger charge is 2.21. The van der Waals surface area contributed by atoms with E-state index in [1.165, 1.54) is 0 Å². The molecule has 0 radical (unpaired) electrons. The Morgan fingerprint density at radius 2 is 1.50 bits per heavy atom. The van der Waals surface area contributed by atoms with Crippen molar-refractivity contribution in [3.63, 3.8) is 0 Å². The maximum atomic E-state index is 12.7. The summed E-state index contributed by atoms with van der Waals surface area (Å²) in [5.74, 6) is 0.0965. The van der Waals surface area contributed by atoms with Crippen LogP contribution >= 0.6 is 0 Å². The molecule has 132 valence electrons. The molecule has 0 spiro atoms. The molecule has 0 atom stereocenters. The van der Waals surface area contributed by atoms with Crippen LogP contribution in [0.2, 0.25) is 0 Å². The number of amides is 1. The fraction of sp³-hybridized carbons (Fsp3) is 0.579. The molecule has 24 heavy (non-hydrogen) atoms. The average molecular weight is 331 g/mol. The van der Waals surface area contributed by atoms with E-state index in [9.17, 15) is 9.59 Å². The van der Waals surface area contributed by atoms with Crippen LogP contribution in [0.1, 0.15) is 47.5 Å². The first kappa shape index (κ1) is 18.3. The van der Waals surface area contributed by atoms with E-state index in [1.807, 2.05) is 61.4 Å². The van der Waals surface area contributed by atoms with E-state index in [0.29, 0.717) is 19.5 Å². The van der Waals surface area contributed by atoms with Crippen LogP contribution in [0.5, 0.6) is 0 Å². The Hall–Kier alpha value is -2.04. The topological polar surface area (TPSA) is 47.2 Å². The summed E-state index contributed by atoms with van der Waals surface area (Å²) in [6.07, 6.45) is 1.25. The molecule has 1 aromatic carbocycles. The fourth-order valence-electron chi connectivity index (χ4n) is 3.44. The van der Waals surface area contributed by atoms with Gasteiger partial charge in [0.2, 0.25) is 5.91 Å². The number of fused-ring (bicyclic) bond motifs is 1. The van der Waals surface area contributed by atoms with Crippen molar-refractivity contribution in [2.24, 2.45) is 0 Å². The number of aryl methyl sites for hydroxylation is 2. The number of carbonyl (C=O) groups is 1. The van der Waals surface area contributed by atoms with Crippen molar-refractivity contribution in [1.82, 2.24) is 14.0 Å². The van der Waals surface area contributed by atoms with Crippen LogP contribution in [-0.2, 0) is 17.9 Å². The van der Waals surface area contributed by atoms with Crippen LogP contribution in [0.15, 0.2) is 29.1 Å². The number of carbonyl (C=O) groups excluding carboxylic acids is 1. The van der Waals surface area contributed by atoms with Gasteiger partial charge in [-0.25, -0.2) is 4.79 Å². The molecule has 0 aliphatic heterocycles. The Bertz CT molecular complexity index is 748. The Balaban J connectivity index is 2.29. The molecular formula is C19H29N3O2. The molecular weight excluding hydrogens is 302 g/mol. The molecule has 0 saturated carbocycles. The van der Waals surface area contributed by atoms with Crippen LogP contribution in [0.25, 0.3) is 11.0 Å². The number of aromatic nitrogens is 2. The maximum absolute atomic E-state index is 12.7. The third kappa shape index (κ3) is 3.55. The number of rotatable bonds is 7. The first-order valence-corrected chi connectivity index (χ1v) is 8.87. The van der Waals surface area contributed by atoms with Crippen LogP contribution in [-0.4, -0.2) is 32.0 Å². The second-order valence-electron chi connectivity index (χ2n) is 6.81. The quantitative estimate of drug-likeness (QED) is 0.782. The normalized spacial score (nSPS) is 11.6. The molecule has 0 fully saturated rings. The van der Waals surface area contributed by atoms with Gasteiger partial charge in [-0.2, -0.15) is 0 Å². The number of imidazole rings is 1. The Morgan fingerprint density at radius 3 is 1.96 bits per heavy atom. The zero-order valence-electron chi connectivity index (χ0n) is 15.5. The highest BCUT2D eigenvalue weighted by Crippen LogP contribution is 2.15. The molecule has 0 aliphatic carbocycles. The van der Waals surface area contributed by atoms with Crippen molar-refractivity contribution in [1.29, 1.82) is 0 Å². The van der Waals surface area contributed by atoms with E-state index in [1.54, 1.807) is 4.57 Å². The van der Waals surface area contributed by atoms with E-state index < -0.39 is 0 Å². The lowest BCUT2D eigenvalue weighted by atomic mass is 10.2. The van der Waals surface area contributed by atoms with Gasteiger partial charge in [0.25, 0.3) is 0 Å². The van der Waals surface area contributed by atoms with Gasteiger partial charge in [-0.3, -0.25) is 13.9 Å². The lowest BCUT2D eigenvalue weighted by Crippen LogP contribution is -2.42. The van der Waals surface area contributed by atoms with Gasteiger partial charge < -0.3 is 4.90 Å². The number of hydrogen-bond donors (Lipinski definition) is 0. The van der Waals surface area contributed by atoms with Gasteiger partial charge in [-0.1, -0.05) is 19.1 Å². The molecule has 0 bridgehead atoms. The predicted octanol–water partition coefficient (Wildman–Crippen LogP) is 3.25. The molecule has 1 heterocycles. The largest absolute Gasteiger partial charge is 0.338 e. The van der Waals surface area contributed by atoms with Crippen molar-refractivity contribution < 1.29 is 4.79 Å². The summed E-state index contributed by atoms with van der Waals surface area (Å²) in [5.41, 5.74) is 1.83. The monoisotopic (exact) mass is 331 g/mol. The van der Waals surface area contributed by atoms with Gasteiger partial charge >= 0.3 is 5.69 Å². The Morgan fingerprint density at radius 1 is 1.00 bits per heavy atom. The van der Waals surface area contributed by atoms with Gasteiger partial charge in [0.15, 0.2) is 0 Å². The predicted molar refractivity (Wildman–Crippen MR) is 98.2 cm³/mol. The van der Waals surface area contributed by atoms with Crippen molar-refractivity contribution in [3.8, 4) is 0 Å². The summed E-state index contributed by atoms with van der Waals surface area (Å²) in [4.78, 5) is 27.2. The van der Waals surface area contributed by atoms with Crippen LogP contribution in [0.4, 0.5) is 0 Å². The maximum Gasteiger partial charge on any atom is 0.329 e. The fourth-order valence-corrected chi connectivity index (χ4v) is 3.44. The minimum absolute atomic E-state index is 0.0218. The van der Waals surface area contributed by atoms with Gasteiger partial charge in [-0.15, -0.1) is 0 Å². The standard InChI is InChI=1S/C19H29N3O2/c1-6-12-20-16-9-7-8-10-17(16)21(19(20)24)13-11-18(23)22(14(2)3)15(4)5/h7-10,14-15H,6,11-13H2,1-5H3. The average Bonchev–Trinajstić information content (AvgIpc) is 2.77. The lowest BCUT2D eigenvalue weighted by molar-refractivity contribution is -0.135. The Labute approximate surface area is 143 Å². The molecule has 1 aromatic heterocycles. The smallest absolute Gasteiger partial charge is 0.329 e. The molecule has 5 nitrogen and oxygen atoms in total. The first-order valence-electron chi connectivity index (χ1n) is 8.87. The molecule has 0 unspecified atom stereocenters. The second kappa shape index (κ2) is 7.69. The number of benzene rings is 1. The summed E-state index contributed by atoms with van der Waals surface area (Å²) in [7, 11) is 0. The van der Waals surface area contributed by atoms with Gasteiger partial charge in [0, 0.05) is 31.6 Å². The van der Waals surface area contributed by atoms with Gasteiger partial charge in [0.1, 0.15) is 0 Å². The van der Waals surface area contributed by atoms with Crippen LogP contribution in [0.3, 0.4) is 0 Å². The zero-order valence-corrected chi connectivity index (χ0v) is 15.5. The van der Waals surface area contributed by atoms with Crippen molar-refractivity contribution in [3.05, 3.63) is 34.7 Å².